The number of aliphatic hydroxyl groups excluding tert-OH is 1. The number of aromatic nitrogens is 1. The molecular weight excluding hydrogens is 324 g/mol. The van der Waals surface area contributed by atoms with Gasteiger partial charge >= 0.3 is 0 Å². The molecule has 2 aromatic rings. The van der Waals surface area contributed by atoms with Gasteiger partial charge in [0.2, 0.25) is 0 Å². The normalized spacial score (nSPS) is 16.7. The van der Waals surface area contributed by atoms with E-state index in [0.717, 1.165) is 18.7 Å². The van der Waals surface area contributed by atoms with Gasteiger partial charge in [-0.3, -0.25) is 19.5 Å². The van der Waals surface area contributed by atoms with Gasteiger partial charge in [-0.1, -0.05) is 0 Å². The Balaban J connectivity index is 1.51. The van der Waals surface area contributed by atoms with Crippen LogP contribution in [0, 0.1) is 0 Å². The number of hydrogen-bond acceptors (Lipinski definition) is 8. The number of rotatable bonds is 8. The number of aliphatic hydroxyl groups is 1. The number of nitrogens with one attached hydrogen (secondary N) is 2. The van der Waals surface area contributed by atoms with Crippen LogP contribution in [0.25, 0.3) is 0 Å². The molecule has 0 amide bonds. The van der Waals surface area contributed by atoms with Gasteiger partial charge in [-0.25, -0.2) is 0 Å². The van der Waals surface area contributed by atoms with Crippen molar-refractivity contribution in [1.82, 2.24) is 9.88 Å². The zero-order valence-corrected chi connectivity index (χ0v) is 13.9. The van der Waals surface area contributed by atoms with E-state index in [2.05, 4.69) is 20.5 Å². The molecular formula is C17H22N4O4. The Morgan fingerprint density at radius 1 is 1.12 bits per heavy atom. The highest BCUT2D eigenvalue weighted by atomic mass is 16.5. The molecule has 0 unspecified atom stereocenters. The molecule has 1 fully saturated rings. The summed E-state index contributed by atoms with van der Waals surface area (Å²) in [6, 6.07) is 3.66. The summed E-state index contributed by atoms with van der Waals surface area (Å²) in [6.07, 6.45) is 2.70. The van der Waals surface area contributed by atoms with Crippen LogP contribution >= 0.6 is 0 Å². The van der Waals surface area contributed by atoms with E-state index in [1.165, 1.54) is 0 Å². The molecule has 8 heteroatoms. The number of nitrogens with zero attached hydrogens (tertiary/aromatic N) is 2. The molecule has 1 aliphatic heterocycles. The highest BCUT2D eigenvalue weighted by Crippen LogP contribution is 2.15. The molecule has 8 nitrogen and oxygen atoms in total. The second-order valence-corrected chi connectivity index (χ2v) is 6.06. The van der Waals surface area contributed by atoms with E-state index < -0.39 is 17.0 Å². The van der Waals surface area contributed by atoms with Crippen LogP contribution in [0.3, 0.4) is 0 Å². The van der Waals surface area contributed by atoms with E-state index >= 15 is 0 Å². The minimum atomic E-state index is -0.629. The molecule has 1 aliphatic rings. The highest BCUT2D eigenvalue weighted by Gasteiger charge is 2.22. The van der Waals surface area contributed by atoms with E-state index in [-0.39, 0.29) is 17.9 Å². The Morgan fingerprint density at radius 3 is 2.44 bits per heavy atom. The first-order valence-corrected chi connectivity index (χ1v) is 8.33. The van der Waals surface area contributed by atoms with Gasteiger partial charge < -0.3 is 20.5 Å². The second-order valence-electron chi connectivity index (χ2n) is 6.06. The van der Waals surface area contributed by atoms with Gasteiger partial charge in [-0.2, -0.15) is 0 Å². The summed E-state index contributed by atoms with van der Waals surface area (Å²) in [5, 5.41) is 16.0. The van der Waals surface area contributed by atoms with E-state index in [4.69, 9.17) is 4.74 Å². The maximum absolute atomic E-state index is 11.8. The summed E-state index contributed by atoms with van der Waals surface area (Å²) in [5.74, 6) is 0. The van der Waals surface area contributed by atoms with Crippen molar-refractivity contribution in [3.8, 4) is 0 Å². The molecule has 134 valence electrons. The minimum absolute atomic E-state index is 0.214. The number of hydrogen-bond donors (Lipinski definition) is 3. The van der Waals surface area contributed by atoms with Crippen molar-refractivity contribution >= 4 is 11.4 Å². The maximum atomic E-state index is 11.8. The molecule has 1 atom stereocenters. The van der Waals surface area contributed by atoms with E-state index in [0.29, 0.717) is 26.3 Å². The second kappa shape index (κ2) is 8.19. The lowest BCUT2D eigenvalue weighted by Crippen LogP contribution is -2.44. The van der Waals surface area contributed by atoms with E-state index in [9.17, 15) is 14.7 Å². The van der Waals surface area contributed by atoms with Crippen molar-refractivity contribution in [3.05, 3.63) is 50.5 Å². The number of anilines is 2. The standard InChI is InChI=1S/C17H22N4O4/c22-13(11-21-5-7-25-8-6-21)10-20-15-14(16(23)17(15)24)19-9-12-1-3-18-4-2-12/h1-4,13,19-20,22H,5-11H2/t13-/m1/s1. The highest BCUT2D eigenvalue weighted by molar-refractivity contribution is 5.74. The van der Waals surface area contributed by atoms with Crippen LogP contribution in [0.1, 0.15) is 5.56 Å². The molecule has 3 rings (SSSR count). The van der Waals surface area contributed by atoms with Crippen molar-refractivity contribution in [2.24, 2.45) is 0 Å². The third-order valence-electron chi connectivity index (χ3n) is 4.22. The Labute approximate surface area is 145 Å². The fourth-order valence-corrected chi connectivity index (χ4v) is 2.79. The molecule has 1 aromatic carbocycles. The van der Waals surface area contributed by atoms with Crippen LogP contribution in [-0.4, -0.2) is 60.5 Å². The van der Waals surface area contributed by atoms with Gasteiger partial charge in [0.25, 0.3) is 10.9 Å². The lowest BCUT2D eigenvalue weighted by Gasteiger charge is -2.28. The smallest absolute Gasteiger partial charge is 0.253 e. The third-order valence-corrected chi connectivity index (χ3v) is 4.22. The van der Waals surface area contributed by atoms with Crippen LogP contribution in [0.2, 0.25) is 0 Å². The third kappa shape index (κ3) is 4.41. The van der Waals surface area contributed by atoms with Gasteiger partial charge in [0.05, 0.1) is 19.3 Å². The van der Waals surface area contributed by atoms with Crippen LogP contribution in [0.4, 0.5) is 11.4 Å². The number of pyridine rings is 1. The van der Waals surface area contributed by atoms with Crippen molar-refractivity contribution < 1.29 is 9.84 Å². The predicted octanol–water partition coefficient (Wildman–Crippen LogP) is -0.605. The van der Waals surface area contributed by atoms with E-state index in [1.54, 1.807) is 12.4 Å². The summed E-state index contributed by atoms with van der Waals surface area (Å²) in [4.78, 5) is 29.5. The van der Waals surface area contributed by atoms with Gasteiger partial charge in [0.1, 0.15) is 11.4 Å². The van der Waals surface area contributed by atoms with Crippen LogP contribution in [0.5, 0.6) is 0 Å². The van der Waals surface area contributed by atoms with Crippen LogP contribution in [-0.2, 0) is 11.3 Å². The maximum Gasteiger partial charge on any atom is 0.253 e. The molecule has 2 heterocycles. The first-order chi connectivity index (χ1) is 12.1. The lowest BCUT2D eigenvalue weighted by atomic mass is 10.1. The van der Waals surface area contributed by atoms with Crippen molar-refractivity contribution in [1.29, 1.82) is 0 Å². The first kappa shape index (κ1) is 17.5. The lowest BCUT2D eigenvalue weighted by molar-refractivity contribution is 0.0171. The zero-order valence-electron chi connectivity index (χ0n) is 13.9. The van der Waals surface area contributed by atoms with Crippen LogP contribution < -0.4 is 21.5 Å². The Hall–Kier alpha value is -2.29. The summed E-state index contributed by atoms with van der Waals surface area (Å²) in [7, 11) is 0. The molecule has 25 heavy (non-hydrogen) atoms. The molecule has 0 radical (unpaired) electrons. The van der Waals surface area contributed by atoms with Gasteiger partial charge in [0, 0.05) is 45.1 Å². The Kier molecular flexibility index (Phi) is 5.75. The van der Waals surface area contributed by atoms with Crippen molar-refractivity contribution in [3.63, 3.8) is 0 Å². The topological polar surface area (TPSA) is 104 Å². The molecule has 0 bridgehead atoms. The van der Waals surface area contributed by atoms with E-state index in [1.807, 2.05) is 12.1 Å². The molecule has 1 aromatic heterocycles. The fraction of sp³-hybridized carbons (Fsp3) is 0.471. The SMILES string of the molecule is O=c1c(NCc2ccncc2)c(NC[C@@H](O)CN2CCOCC2)c1=O. The number of β-amino-alcohol motifs (C(OH)–C–C–N with tert-alkyl or cyclic N) is 1. The first-order valence-electron chi connectivity index (χ1n) is 8.33. The number of ether oxygens (including phenoxy) is 1. The average Bonchev–Trinajstić information content (AvgIpc) is 2.65. The van der Waals surface area contributed by atoms with Gasteiger partial charge in [-0.05, 0) is 17.7 Å². The average molecular weight is 346 g/mol. The number of morpholine rings is 1. The Bertz CT molecular complexity index is 752. The monoisotopic (exact) mass is 346 g/mol. The summed E-state index contributed by atoms with van der Waals surface area (Å²) >= 11 is 0. The summed E-state index contributed by atoms with van der Waals surface area (Å²) in [5.41, 5.74) is 0.414. The van der Waals surface area contributed by atoms with Gasteiger partial charge in [-0.15, -0.1) is 0 Å². The predicted molar refractivity (Wildman–Crippen MR) is 94.7 cm³/mol. The molecule has 0 spiro atoms. The molecule has 1 saturated heterocycles. The molecule has 0 saturated carbocycles. The molecule has 3 N–H and O–H groups in total. The quantitative estimate of drug-likeness (QED) is 0.544. The van der Waals surface area contributed by atoms with Gasteiger partial charge in [0.15, 0.2) is 0 Å². The molecule has 0 aliphatic carbocycles. The largest absolute Gasteiger partial charge is 0.390 e. The summed E-state index contributed by atoms with van der Waals surface area (Å²) < 4.78 is 5.27. The van der Waals surface area contributed by atoms with Crippen molar-refractivity contribution in [2.45, 2.75) is 12.6 Å². The zero-order chi connectivity index (χ0) is 17.6. The van der Waals surface area contributed by atoms with Crippen molar-refractivity contribution in [2.75, 3.05) is 50.0 Å². The summed E-state index contributed by atoms with van der Waals surface area (Å²) in [6.45, 7) is 4.06. The minimum Gasteiger partial charge on any atom is -0.390 e. The van der Waals surface area contributed by atoms with Crippen LogP contribution in [0.15, 0.2) is 34.1 Å². The Morgan fingerprint density at radius 2 is 1.76 bits per heavy atom. The fourth-order valence-electron chi connectivity index (χ4n) is 2.79.